The number of likely N-dealkylation sites (N-methyl/N-ethyl adjacent to an activating group) is 1. The third-order valence-electron chi connectivity index (χ3n) is 3.28. The molecule has 0 radical (unpaired) electrons. The first-order chi connectivity index (χ1) is 7.09. The van der Waals surface area contributed by atoms with Crippen LogP contribution in [0, 0.1) is 0 Å². The predicted molar refractivity (Wildman–Crippen MR) is 56.4 cm³/mol. The summed E-state index contributed by atoms with van der Waals surface area (Å²) >= 11 is 0. The normalized spacial score (nSPS) is 33.9. The molecule has 86 valence electrons. The number of hydrogen-bond donors (Lipinski definition) is 1. The molecule has 2 aliphatic heterocycles. The minimum Gasteiger partial charge on any atom is -0.373 e. The first-order valence-corrected chi connectivity index (χ1v) is 5.46. The van der Waals surface area contributed by atoms with Crippen molar-refractivity contribution in [2.24, 2.45) is 5.73 Å². The molecule has 0 aliphatic carbocycles. The van der Waals surface area contributed by atoms with E-state index in [-0.39, 0.29) is 12.0 Å². The van der Waals surface area contributed by atoms with Crippen molar-refractivity contribution in [3.8, 4) is 0 Å². The number of morpholine rings is 1. The second-order valence-electron chi connectivity index (χ2n) is 4.49. The van der Waals surface area contributed by atoms with Crippen molar-refractivity contribution in [3.63, 3.8) is 0 Å². The predicted octanol–water partition coefficient (Wildman–Crippen LogP) is -1.12. The van der Waals surface area contributed by atoms with Gasteiger partial charge in [-0.2, -0.15) is 0 Å². The van der Waals surface area contributed by atoms with Crippen LogP contribution >= 0.6 is 0 Å². The van der Waals surface area contributed by atoms with Crippen LogP contribution in [0.5, 0.6) is 0 Å². The van der Waals surface area contributed by atoms with E-state index in [9.17, 15) is 4.79 Å². The Morgan fingerprint density at radius 1 is 1.53 bits per heavy atom. The molecule has 2 N–H and O–H groups in total. The molecule has 2 heterocycles. The molecule has 0 aromatic heterocycles. The smallest absolute Gasteiger partial charge is 0.239 e. The zero-order valence-corrected chi connectivity index (χ0v) is 9.35. The second kappa shape index (κ2) is 4.08. The van der Waals surface area contributed by atoms with Crippen LogP contribution in [0.4, 0.5) is 0 Å². The number of hydrogen-bond acceptors (Lipinski definition) is 4. The molecular formula is C10H19N3O2. The van der Waals surface area contributed by atoms with E-state index >= 15 is 0 Å². The Labute approximate surface area is 90.1 Å². The van der Waals surface area contributed by atoms with Crippen LogP contribution < -0.4 is 5.73 Å². The molecule has 0 saturated carbocycles. The number of ether oxygens (including phenoxy) is 1. The Kier molecular flexibility index (Phi) is 2.95. The summed E-state index contributed by atoms with van der Waals surface area (Å²) in [6.45, 7) is 4.88. The average molecular weight is 213 g/mol. The van der Waals surface area contributed by atoms with E-state index in [1.54, 1.807) is 6.92 Å². The van der Waals surface area contributed by atoms with Crippen LogP contribution in [-0.4, -0.2) is 67.2 Å². The Morgan fingerprint density at radius 3 is 2.87 bits per heavy atom. The van der Waals surface area contributed by atoms with Crippen molar-refractivity contribution in [1.82, 2.24) is 9.80 Å². The lowest BCUT2D eigenvalue weighted by molar-refractivity contribution is -0.131. The molecule has 2 rings (SSSR count). The highest BCUT2D eigenvalue weighted by Gasteiger charge is 2.40. The van der Waals surface area contributed by atoms with Crippen LogP contribution in [0.1, 0.15) is 6.92 Å². The highest BCUT2D eigenvalue weighted by atomic mass is 16.5. The van der Waals surface area contributed by atoms with E-state index in [0.717, 1.165) is 19.7 Å². The van der Waals surface area contributed by atoms with E-state index in [4.69, 9.17) is 10.5 Å². The first kappa shape index (κ1) is 10.9. The summed E-state index contributed by atoms with van der Waals surface area (Å²) in [7, 11) is 2.08. The number of likely N-dealkylation sites (tertiary alicyclic amines) is 1. The molecule has 5 nitrogen and oxygen atoms in total. The largest absolute Gasteiger partial charge is 0.373 e. The average Bonchev–Trinajstić information content (AvgIpc) is 2.61. The van der Waals surface area contributed by atoms with Crippen LogP contribution in [0.15, 0.2) is 0 Å². The fourth-order valence-corrected chi connectivity index (χ4v) is 2.33. The first-order valence-electron chi connectivity index (χ1n) is 5.46. The zero-order valence-electron chi connectivity index (χ0n) is 9.35. The van der Waals surface area contributed by atoms with E-state index in [1.807, 2.05) is 4.90 Å². The number of nitrogens with zero attached hydrogens (tertiary/aromatic N) is 2. The van der Waals surface area contributed by atoms with Gasteiger partial charge in [0, 0.05) is 19.6 Å². The summed E-state index contributed by atoms with van der Waals surface area (Å²) in [5.41, 5.74) is 5.59. The van der Waals surface area contributed by atoms with Gasteiger partial charge in [-0.05, 0) is 14.0 Å². The topological polar surface area (TPSA) is 58.8 Å². The summed E-state index contributed by atoms with van der Waals surface area (Å²) in [4.78, 5) is 15.8. The molecule has 0 aromatic carbocycles. The molecular weight excluding hydrogens is 194 g/mol. The second-order valence-corrected chi connectivity index (χ2v) is 4.49. The Balaban J connectivity index is 2.01. The lowest BCUT2D eigenvalue weighted by Crippen LogP contribution is -2.48. The molecule has 2 aliphatic rings. The van der Waals surface area contributed by atoms with Gasteiger partial charge in [0.2, 0.25) is 5.91 Å². The molecule has 15 heavy (non-hydrogen) atoms. The molecule has 0 bridgehead atoms. The van der Waals surface area contributed by atoms with E-state index in [2.05, 4.69) is 11.9 Å². The highest BCUT2D eigenvalue weighted by molar-refractivity contribution is 5.81. The number of rotatable bonds is 1. The third-order valence-corrected chi connectivity index (χ3v) is 3.28. The lowest BCUT2D eigenvalue weighted by atomic mass is 10.1. The summed E-state index contributed by atoms with van der Waals surface area (Å²) < 4.78 is 5.66. The van der Waals surface area contributed by atoms with Gasteiger partial charge in [-0.25, -0.2) is 0 Å². The van der Waals surface area contributed by atoms with Gasteiger partial charge in [0.1, 0.15) is 0 Å². The van der Waals surface area contributed by atoms with Crippen molar-refractivity contribution in [3.05, 3.63) is 0 Å². The molecule has 0 aromatic rings. The van der Waals surface area contributed by atoms with Gasteiger partial charge in [-0.15, -0.1) is 0 Å². The molecule has 0 unspecified atom stereocenters. The van der Waals surface area contributed by atoms with Gasteiger partial charge in [0.15, 0.2) is 0 Å². The van der Waals surface area contributed by atoms with Crippen molar-refractivity contribution in [1.29, 1.82) is 0 Å². The fourth-order valence-electron chi connectivity index (χ4n) is 2.33. The van der Waals surface area contributed by atoms with Gasteiger partial charge >= 0.3 is 0 Å². The summed E-state index contributed by atoms with van der Waals surface area (Å²) in [5, 5.41) is 0. The van der Waals surface area contributed by atoms with Crippen LogP contribution in [-0.2, 0) is 9.53 Å². The summed E-state index contributed by atoms with van der Waals surface area (Å²) in [6, 6.07) is -0.0584. The maximum absolute atomic E-state index is 11.7. The minimum absolute atomic E-state index is 0.0291. The van der Waals surface area contributed by atoms with Gasteiger partial charge in [-0.3, -0.25) is 9.69 Å². The third kappa shape index (κ3) is 2.00. The molecule has 2 fully saturated rings. The van der Waals surface area contributed by atoms with E-state index < -0.39 is 6.04 Å². The number of amides is 1. The summed E-state index contributed by atoms with van der Waals surface area (Å²) in [5.74, 6) is 0.0291. The maximum Gasteiger partial charge on any atom is 0.239 e. The number of carbonyl (C=O) groups is 1. The Hall–Kier alpha value is -0.650. The molecule has 1 amide bonds. The van der Waals surface area contributed by atoms with Crippen molar-refractivity contribution >= 4 is 5.91 Å². The molecule has 2 saturated heterocycles. The number of carbonyl (C=O) groups excluding carboxylic acids is 1. The van der Waals surface area contributed by atoms with Gasteiger partial charge in [0.05, 0.1) is 24.8 Å². The monoisotopic (exact) mass is 213 g/mol. The maximum atomic E-state index is 11.7. The molecule has 5 heteroatoms. The van der Waals surface area contributed by atoms with E-state index in [0.29, 0.717) is 12.6 Å². The highest BCUT2D eigenvalue weighted by Crippen LogP contribution is 2.21. The fraction of sp³-hybridized carbons (Fsp3) is 0.900. The van der Waals surface area contributed by atoms with Gasteiger partial charge in [-0.1, -0.05) is 0 Å². The van der Waals surface area contributed by atoms with Crippen LogP contribution in [0.25, 0.3) is 0 Å². The van der Waals surface area contributed by atoms with Crippen LogP contribution in [0.2, 0.25) is 0 Å². The molecule has 3 atom stereocenters. The Morgan fingerprint density at radius 2 is 2.27 bits per heavy atom. The Bertz CT molecular complexity index is 257. The lowest BCUT2D eigenvalue weighted by Gasteiger charge is -2.33. The van der Waals surface area contributed by atoms with Gasteiger partial charge < -0.3 is 15.4 Å². The van der Waals surface area contributed by atoms with Crippen molar-refractivity contribution in [2.45, 2.75) is 25.1 Å². The zero-order chi connectivity index (χ0) is 11.0. The van der Waals surface area contributed by atoms with Crippen molar-refractivity contribution < 1.29 is 9.53 Å². The van der Waals surface area contributed by atoms with Crippen LogP contribution in [0.3, 0.4) is 0 Å². The number of fused-ring (bicyclic) bond motifs is 1. The SMILES string of the molecule is C[C@@H](N)C(=O)N1C[C@H]2OCCN(C)[C@H]2C1. The van der Waals surface area contributed by atoms with Gasteiger partial charge in [0.25, 0.3) is 0 Å². The molecule has 0 spiro atoms. The number of nitrogens with two attached hydrogens (primary N) is 1. The van der Waals surface area contributed by atoms with Crippen molar-refractivity contribution in [2.75, 3.05) is 33.3 Å². The minimum atomic E-state index is -0.407. The quantitative estimate of drug-likeness (QED) is 0.599. The summed E-state index contributed by atoms with van der Waals surface area (Å²) in [6.07, 6.45) is 0.173. The van der Waals surface area contributed by atoms with E-state index in [1.165, 1.54) is 0 Å². The standard InChI is InChI=1S/C10H19N3O2/c1-7(11)10(14)13-5-8-9(6-13)15-4-3-12(8)2/h7-9H,3-6,11H2,1-2H3/t7-,8+,9-/m1/s1.